The van der Waals surface area contributed by atoms with Gasteiger partial charge in [0, 0.05) is 24.2 Å². The first-order chi connectivity index (χ1) is 12.5. The third-order valence-electron chi connectivity index (χ3n) is 4.97. The molecule has 0 atom stereocenters. The molecule has 1 aliphatic rings. The summed E-state index contributed by atoms with van der Waals surface area (Å²) in [6.07, 6.45) is 3.76. The summed E-state index contributed by atoms with van der Waals surface area (Å²) in [6.45, 7) is 1.90. The highest BCUT2D eigenvalue weighted by molar-refractivity contribution is 6.30. The van der Waals surface area contributed by atoms with Crippen molar-refractivity contribution in [2.75, 3.05) is 5.32 Å². The lowest BCUT2D eigenvalue weighted by Gasteiger charge is -2.28. The van der Waals surface area contributed by atoms with Crippen molar-refractivity contribution in [3.63, 3.8) is 0 Å². The maximum Gasteiger partial charge on any atom is 0.230 e. The molecule has 2 N–H and O–H groups in total. The molecule has 3 rings (SSSR count). The summed E-state index contributed by atoms with van der Waals surface area (Å²) in [5.41, 5.74) is 2.17. The highest BCUT2D eigenvalue weighted by Crippen LogP contribution is 2.42. The van der Waals surface area contributed by atoms with Crippen LogP contribution in [0.4, 0.5) is 5.69 Å². The zero-order valence-corrected chi connectivity index (χ0v) is 15.6. The molecular weight excluding hydrogens is 348 g/mol. The number of anilines is 1. The van der Waals surface area contributed by atoms with Crippen LogP contribution in [0.2, 0.25) is 5.02 Å². The molecule has 2 aromatic carbocycles. The third kappa shape index (κ3) is 4.07. The summed E-state index contributed by atoms with van der Waals surface area (Å²) in [5, 5.41) is 6.50. The van der Waals surface area contributed by atoms with Crippen molar-refractivity contribution in [2.45, 2.75) is 44.6 Å². The maximum absolute atomic E-state index is 13.1. The van der Waals surface area contributed by atoms with Gasteiger partial charge in [0.1, 0.15) is 0 Å². The van der Waals surface area contributed by atoms with Gasteiger partial charge in [-0.1, -0.05) is 48.7 Å². The summed E-state index contributed by atoms with van der Waals surface area (Å²) in [5.74, 6) is -0.0701. The average Bonchev–Trinajstić information content (AvgIpc) is 3.10. The fourth-order valence-electron chi connectivity index (χ4n) is 3.73. The van der Waals surface area contributed by atoms with Gasteiger partial charge in [-0.2, -0.15) is 0 Å². The van der Waals surface area contributed by atoms with Crippen molar-refractivity contribution in [1.82, 2.24) is 5.32 Å². The molecule has 0 radical (unpaired) electrons. The van der Waals surface area contributed by atoms with Crippen LogP contribution in [0.5, 0.6) is 0 Å². The minimum atomic E-state index is -0.500. The Morgan fingerprint density at radius 2 is 1.81 bits per heavy atom. The molecule has 0 heterocycles. The zero-order valence-electron chi connectivity index (χ0n) is 14.8. The second kappa shape index (κ2) is 7.92. The molecule has 2 amide bonds. The van der Waals surface area contributed by atoms with Crippen LogP contribution in [0.1, 0.15) is 43.7 Å². The standard InChI is InChI=1S/C21H23ClN2O2/c1-15(25)24-19-9-4-6-16(12-19)14-23-20(26)21(10-2-3-11-21)17-7-5-8-18(22)13-17/h4-9,12-13H,2-3,10-11,14H2,1H3,(H,23,26)(H,24,25). The van der Waals surface area contributed by atoms with E-state index in [1.54, 1.807) is 0 Å². The van der Waals surface area contributed by atoms with E-state index in [2.05, 4.69) is 10.6 Å². The van der Waals surface area contributed by atoms with Crippen molar-refractivity contribution in [3.05, 3.63) is 64.7 Å². The van der Waals surface area contributed by atoms with E-state index in [1.807, 2.05) is 48.5 Å². The minimum Gasteiger partial charge on any atom is -0.351 e. The number of benzene rings is 2. The monoisotopic (exact) mass is 370 g/mol. The molecule has 1 aliphatic carbocycles. The molecule has 0 saturated heterocycles. The van der Waals surface area contributed by atoms with E-state index in [4.69, 9.17) is 11.6 Å². The number of hydrogen-bond donors (Lipinski definition) is 2. The molecule has 0 bridgehead atoms. The molecule has 0 aliphatic heterocycles. The largest absolute Gasteiger partial charge is 0.351 e. The number of carbonyl (C=O) groups is 2. The Kier molecular flexibility index (Phi) is 5.62. The van der Waals surface area contributed by atoms with Crippen LogP contribution in [0.3, 0.4) is 0 Å². The Labute approximate surface area is 158 Å². The topological polar surface area (TPSA) is 58.2 Å². The van der Waals surface area contributed by atoms with E-state index in [1.165, 1.54) is 6.92 Å². The quantitative estimate of drug-likeness (QED) is 0.818. The third-order valence-corrected chi connectivity index (χ3v) is 5.20. The number of nitrogens with one attached hydrogen (secondary N) is 2. The van der Waals surface area contributed by atoms with Gasteiger partial charge in [-0.3, -0.25) is 9.59 Å². The molecule has 4 nitrogen and oxygen atoms in total. The lowest BCUT2D eigenvalue weighted by atomic mass is 9.78. The molecule has 0 aromatic heterocycles. The summed E-state index contributed by atoms with van der Waals surface area (Å²) < 4.78 is 0. The van der Waals surface area contributed by atoms with Gasteiger partial charge in [0.05, 0.1) is 5.41 Å². The number of carbonyl (C=O) groups excluding carboxylic acids is 2. The minimum absolute atomic E-state index is 0.0437. The van der Waals surface area contributed by atoms with E-state index < -0.39 is 5.41 Å². The molecule has 1 saturated carbocycles. The van der Waals surface area contributed by atoms with E-state index in [0.717, 1.165) is 42.5 Å². The molecule has 2 aromatic rings. The van der Waals surface area contributed by atoms with Gasteiger partial charge in [0.25, 0.3) is 0 Å². The zero-order chi connectivity index (χ0) is 18.6. The highest BCUT2D eigenvalue weighted by Gasteiger charge is 2.42. The van der Waals surface area contributed by atoms with Crippen LogP contribution < -0.4 is 10.6 Å². The first kappa shape index (κ1) is 18.5. The van der Waals surface area contributed by atoms with Crippen molar-refractivity contribution in [3.8, 4) is 0 Å². The predicted octanol–water partition coefficient (Wildman–Crippen LogP) is 4.43. The van der Waals surface area contributed by atoms with Crippen LogP contribution in [-0.2, 0) is 21.5 Å². The fraction of sp³-hybridized carbons (Fsp3) is 0.333. The van der Waals surface area contributed by atoms with Gasteiger partial charge in [0.15, 0.2) is 0 Å². The van der Waals surface area contributed by atoms with Crippen LogP contribution in [0.15, 0.2) is 48.5 Å². The number of halogens is 1. The Balaban J connectivity index is 1.74. The Bertz CT molecular complexity index is 813. The molecule has 0 unspecified atom stereocenters. The fourth-order valence-corrected chi connectivity index (χ4v) is 3.92. The SMILES string of the molecule is CC(=O)Nc1cccc(CNC(=O)C2(c3cccc(Cl)c3)CCCC2)c1. The molecule has 26 heavy (non-hydrogen) atoms. The molecular formula is C21H23ClN2O2. The predicted molar refractivity (Wildman–Crippen MR) is 104 cm³/mol. The summed E-state index contributed by atoms with van der Waals surface area (Å²) in [4.78, 5) is 24.3. The normalized spacial score (nSPS) is 15.5. The summed E-state index contributed by atoms with van der Waals surface area (Å²) in [6, 6.07) is 15.2. The van der Waals surface area contributed by atoms with Crippen molar-refractivity contribution in [1.29, 1.82) is 0 Å². The lowest BCUT2D eigenvalue weighted by molar-refractivity contribution is -0.126. The van der Waals surface area contributed by atoms with Crippen LogP contribution in [-0.4, -0.2) is 11.8 Å². The number of amides is 2. The Hall–Kier alpha value is -2.33. The molecule has 1 fully saturated rings. The average molecular weight is 371 g/mol. The second-order valence-electron chi connectivity index (χ2n) is 6.86. The van der Waals surface area contributed by atoms with Crippen LogP contribution in [0, 0.1) is 0 Å². The van der Waals surface area contributed by atoms with Gasteiger partial charge in [-0.25, -0.2) is 0 Å². The number of hydrogen-bond acceptors (Lipinski definition) is 2. The lowest BCUT2D eigenvalue weighted by Crippen LogP contribution is -2.42. The summed E-state index contributed by atoms with van der Waals surface area (Å²) >= 11 is 6.16. The van der Waals surface area contributed by atoms with Gasteiger partial charge in [-0.15, -0.1) is 0 Å². The second-order valence-corrected chi connectivity index (χ2v) is 7.30. The molecule has 0 spiro atoms. The van der Waals surface area contributed by atoms with Gasteiger partial charge in [-0.05, 0) is 48.2 Å². The van der Waals surface area contributed by atoms with Crippen molar-refractivity contribution in [2.24, 2.45) is 0 Å². The van der Waals surface area contributed by atoms with E-state index in [0.29, 0.717) is 11.6 Å². The Morgan fingerprint density at radius 3 is 2.50 bits per heavy atom. The first-order valence-corrected chi connectivity index (χ1v) is 9.28. The summed E-state index contributed by atoms with van der Waals surface area (Å²) in [7, 11) is 0. The van der Waals surface area contributed by atoms with Gasteiger partial charge >= 0.3 is 0 Å². The van der Waals surface area contributed by atoms with Gasteiger partial charge in [0.2, 0.25) is 11.8 Å². The highest BCUT2D eigenvalue weighted by atomic mass is 35.5. The van der Waals surface area contributed by atoms with Crippen molar-refractivity contribution < 1.29 is 9.59 Å². The van der Waals surface area contributed by atoms with Crippen LogP contribution >= 0.6 is 11.6 Å². The smallest absolute Gasteiger partial charge is 0.230 e. The van der Waals surface area contributed by atoms with Crippen molar-refractivity contribution >= 4 is 29.1 Å². The molecule has 5 heteroatoms. The molecule has 136 valence electrons. The first-order valence-electron chi connectivity index (χ1n) is 8.90. The van der Waals surface area contributed by atoms with E-state index >= 15 is 0 Å². The van der Waals surface area contributed by atoms with Crippen LogP contribution in [0.25, 0.3) is 0 Å². The van der Waals surface area contributed by atoms with E-state index in [9.17, 15) is 9.59 Å². The maximum atomic E-state index is 13.1. The van der Waals surface area contributed by atoms with E-state index in [-0.39, 0.29) is 11.8 Å². The number of rotatable bonds is 5. The Morgan fingerprint density at radius 1 is 1.08 bits per heavy atom. The van der Waals surface area contributed by atoms with Gasteiger partial charge < -0.3 is 10.6 Å².